The Morgan fingerprint density at radius 2 is 2.30 bits per heavy atom. The maximum absolute atomic E-state index is 4.28. The van der Waals surface area contributed by atoms with Crippen molar-refractivity contribution in [2.45, 2.75) is 38.5 Å². The van der Waals surface area contributed by atoms with E-state index in [9.17, 15) is 0 Å². The van der Waals surface area contributed by atoms with E-state index < -0.39 is 0 Å². The molecule has 0 saturated carbocycles. The predicted octanol–water partition coefficient (Wildman–Crippen LogP) is 2.10. The number of nitrogens with one attached hydrogen (secondary N) is 2. The molecule has 0 spiro atoms. The third kappa shape index (κ3) is 3.08. The molecule has 2 atom stereocenters. The van der Waals surface area contributed by atoms with Crippen molar-refractivity contribution in [2.75, 3.05) is 6.54 Å². The van der Waals surface area contributed by atoms with Crippen molar-refractivity contribution in [3.63, 3.8) is 0 Å². The standard InChI is InChI=1S/C16H22N4/c1-13(12-20-10-4-8-18-20)19-16-7-9-17-11-14-5-2-3-6-15(14)16/h2-6,8,10,13,16-17,19H,7,9,11-12H2,1H3. The molecule has 20 heavy (non-hydrogen) atoms. The summed E-state index contributed by atoms with van der Waals surface area (Å²) in [7, 11) is 0. The summed E-state index contributed by atoms with van der Waals surface area (Å²) in [5.74, 6) is 0. The summed E-state index contributed by atoms with van der Waals surface area (Å²) in [5, 5.41) is 11.5. The van der Waals surface area contributed by atoms with Crippen molar-refractivity contribution in [1.82, 2.24) is 20.4 Å². The number of fused-ring (bicyclic) bond motifs is 1. The minimum absolute atomic E-state index is 0.394. The molecule has 2 aromatic rings. The zero-order chi connectivity index (χ0) is 13.8. The van der Waals surface area contributed by atoms with E-state index in [1.165, 1.54) is 11.1 Å². The second-order valence-electron chi connectivity index (χ2n) is 5.51. The molecule has 2 unspecified atom stereocenters. The molecule has 2 heterocycles. The van der Waals surface area contributed by atoms with Crippen LogP contribution in [0, 0.1) is 0 Å². The smallest absolute Gasteiger partial charge is 0.0560 e. The SMILES string of the molecule is CC(Cn1cccn1)NC1CCNCc2ccccc21. The minimum atomic E-state index is 0.394. The molecule has 0 fully saturated rings. The number of benzene rings is 1. The first kappa shape index (κ1) is 13.3. The molecule has 0 radical (unpaired) electrons. The van der Waals surface area contributed by atoms with Gasteiger partial charge in [0.05, 0.1) is 6.54 Å². The summed E-state index contributed by atoms with van der Waals surface area (Å²) in [6.45, 7) is 5.16. The Morgan fingerprint density at radius 3 is 3.15 bits per heavy atom. The first-order chi connectivity index (χ1) is 9.83. The van der Waals surface area contributed by atoms with Gasteiger partial charge < -0.3 is 10.6 Å². The molecule has 2 N–H and O–H groups in total. The Morgan fingerprint density at radius 1 is 1.40 bits per heavy atom. The predicted molar refractivity (Wildman–Crippen MR) is 80.3 cm³/mol. The van der Waals surface area contributed by atoms with Crippen LogP contribution in [-0.4, -0.2) is 22.4 Å². The van der Waals surface area contributed by atoms with Gasteiger partial charge in [0, 0.05) is 31.0 Å². The Kier molecular flexibility index (Phi) is 4.14. The van der Waals surface area contributed by atoms with E-state index in [1.54, 1.807) is 0 Å². The molecule has 0 saturated heterocycles. The lowest BCUT2D eigenvalue weighted by Gasteiger charge is -2.23. The molecular weight excluding hydrogens is 248 g/mol. The second kappa shape index (κ2) is 6.20. The zero-order valence-electron chi connectivity index (χ0n) is 11.9. The highest BCUT2D eigenvalue weighted by Gasteiger charge is 2.19. The normalized spacial score (nSPS) is 20.1. The van der Waals surface area contributed by atoms with E-state index in [0.717, 1.165) is 26.1 Å². The summed E-state index contributed by atoms with van der Waals surface area (Å²) in [6.07, 6.45) is 4.97. The van der Waals surface area contributed by atoms with E-state index in [-0.39, 0.29) is 0 Å². The second-order valence-corrected chi connectivity index (χ2v) is 5.51. The lowest BCUT2D eigenvalue weighted by molar-refractivity contribution is 0.387. The van der Waals surface area contributed by atoms with Gasteiger partial charge in [0.2, 0.25) is 0 Å². The molecule has 1 aliphatic heterocycles. The summed E-state index contributed by atoms with van der Waals surface area (Å²) in [4.78, 5) is 0. The van der Waals surface area contributed by atoms with Gasteiger partial charge in [0.15, 0.2) is 0 Å². The zero-order valence-corrected chi connectivity index (χ0v) is 11.9. The lowest BCUT2D eigenvalue weighted by Crippen LogP contribution is -2.34. The van der Waals surface area contributed by atoms with Gasteiger partial charge in [-0.15, -0.1) is 0 Å². The van der Waals surface area contributed by atoms with E-state index >= 15 is 0 Å². The molecule has 1 aromatic carbocycles. The van der Waals surface area contributed by atoms with Gasteiger partial charge in [0.1, 0.15) is 0 Å². The monoisotopic (exact) mass is 270 g/mol. The molecule has 0 bridgehead atoms. The molecule has 1 aliphatic rings. The minimum Gasteiger partial charge on any atom is -0.313 e. The van der Waals surface area contributed by atoms with E-state index in [4.69, 9.17) is 0 Å². The highest BCUT2D eigenvalue weighted by Crippen LogP contribution is 2.23. The average molecular weight is 270 g/mol. The fraction of sp³-hybridized carbons (Fsp3) is 0.438. The molecule has 4 nitrogen and oxygen atoms in total. The van der Waals surface area contributed by atoms with Crippen LogP contribution in [-0.2, 0) is 13.1 Å². The van der Waals surface area contributed by atoms with Gasteiger partial charge >= 0.3 is 0 Å². The highest BCUT2D eigenvalue weighted by atomic mass is 15.3. The van der Waals surface area contributed by atoms with Gasteiger partial charge in [-0.3, -0.25) is 4.68 Å². The van der Waals surface area contributed by atoms with Crippen molar-refractivity contribution in [3.8, 4) is 0 Å². The Labute approximate surface area is 120 Å². The number of nitrogens with zero attached hydrogens (tertiary/aromatic N) is 2. The molecular formula is C16H22N4. The van der Waals surface area contributed by atoms with Crippen molar-refractivity contribution in [2.24, 2.45) is 0 Å². The number of aromatic nitrogens is 2. The van der Waals surface area contributed by atoms with Crippen LogP contribution < -0.4 is 10.6 Å². The maximum Gasteiger partial charge on any atom is 0.0560 e. The summed E-state index contributed by atoms with van der Waals surface area (Å²) in [6, 6.07) is 11.5. The first-order valence-electron chi connectivity index (χ1n) is 7.35. The average Bonchev–Trinajstić information content (AvgIpc) is 2.87. The van der Waals surface area contributed by atoms with Gasteiger partial charge in [-0.05, 0) is 37.1 Å². The van der Waals surface area contributed by atoms with Crippen LogP contribution in [0.4, 0.5) is 0 Å². The summed E-state index contributed by atoms with van der Waals surface area (Å²) in [5.41, 5.74) is 2.85. The van der Waals surface area contributed by atoms with Crippen LogP contribution >= 0.6 is 0 Å². The molecule has 4 heteroatoms. The van der Waals surface area contributed by atoms with Crippen LogP contribution in [0.15, 0.2) is 42.7 Å². The number of rotatable bonds is 4. The van der Waals surface area contributed by atoms with Crippen LogP contribution in [0.3, 0.4) is 0 Å². The molecule has 3 rings (SSSR count). The fourth-order valence-corrected chi connectivity index (χ4v) is 2.92. The van der Waals surface area contributed by atoms with E-state index in [1.807, 2.05) is 23.1 Å². The molecule has 1 aromatic heterocycles. The molecule has 0 amide bonds. The van der Waals surface area contributed by atoms with Crippen LogP contribution in [0.1, 0.15) is 30.5 Å². The topological polar surface area (TPSA) is 41.9 Å². The largest absolute Gasteiger partial charge is 0.313 e. The molecule has 106 valence electrons. The van der Waals surface area contributed by atoms with E-state index in [2.05, 4.69) is 46.9 Å². The van der Waals surface area contributed by atoms with Gasteiger partial charge in [0.25, 0.3) is 0 Å². The van der Waals surface area contributed by atoms with Crippen molar-refractivity contribution in [3.05, 3.63) is 53.9 Å². The van der Waals surface area contributed by atoms with Gasteiger partial charge in [-0.2, -0.15) is 5.10 Å². The Bertz CT molecular complexity index is 535. The summed E-state index contributed by atoms with van der Waals surface area (Å²) >= 11 is 0. The van der Waals surface area contributed by atoms with Gasteiger partial charge in [-0.1, -0.05) is 24.3 Å². The fourth-order valence-electron chi connectivity index (χ4n) is 2.92. The highest BCUT2D eigenvalue weighted by molar-refractivity contribution is 5.31. The van der Waals surface area contributed by atoms with Crippen molar-refractivity contribution >= 4 is 0 Å². The van der Waals surface area contributed by atoms with Crippen LogP contribution in [0.2, 0.25) is 0 Å². The third-order valence-electron chi connectivity index (χ3n) is 3.86. The quantitative estimate of drug-likeness (QED) is 0.894. The Balaban J connectivity index is 1.70. The number of hydrogen-bond acceptors (Lipinski definition) is 3. The van der Waals surface area contributed by atoms with Gasteiger partial charge in [-0.25, -0.2) is 0 Å². The van der Waals surface area contributed by atoms with Crippen LogP contribution in [0.25, 0.3) is 0 Å². The van der Waals surface area contributed by atoms with Crippen LogP contribution in [0.5, 0.6) is 0 Å². The number of hydrogen-bond donors (Lipinski definition) is 2. The third-order valence-corrected chi connectivity index (χ3v) is 3.86. The molecule has 0 aliphatic carbocycles. The summed E-state index contributed by atoms with van der Waals surface area (Å²) < 4.78 is 1.98. The van der Waals surface area contributed by atoms with Crippen molar-refractivity contribution in [1.29, 1.82) is 0 Å². The Hall–Kier alpha value is -1.65. The maximum atomic E-state index is 4.28. The first-order valence-corrected chi connectivity index (χ1v) is 7.35. The van der Waals surface area contributed by atoms with Crippen molar-refractivity contribution < 1.29 is 0 Å². The van der Waals surface area contributed by atoms with E-state index in [0.29, 0.717) is 12.1 Å². The lowest BCUT2D eigenvalue weighted by atomic mass is 9.98.